The van der Waals surface area contributed by atoms with Crippen LogP contribution in [0, 0.1) is 6.92 Å². The first-order valence-corrected chi connectivity index (χ1v) is 12.6. The molecule has 0 aliphatic rings. The Balaban J connectivity index is 1.78. The van der Waals surface area contributed by atoms with Crippen LogP contribution in [0.25, 0.3) is 10.9 Å². The van der Waals surface area contributed by atoms with Gasteiger partial charge in [0, 0.05) is 22.3 Å². The van der Waals surface area contributed by atoms with Gasteiger partial charge in [0.2, 0.25) is 21.2 Å². The van der Waals surface area contributed by atoms with Crippen LogP contribution >= 0.6 is 11.6 Å². The number of carbonyl (C=O) groups excluding carboxylic acids is 1. The van der Waals surface area contributed by atoms with E-state index < -0.39 is 20.2 Å². The average Bonchev–Trinajstić information content (AvgIpc) is 2.81. The van der Waals surface area contributed by atoms with Crippen LogP contribution in [0.5, 0.6) is 0 Å². The van der Waals surface area contributed by atoms with E-state index >= 15 is 0 Å². The molecule has 0 radical (unpaired) electrons. The van der Waals surface area contributed by atoms with Crippen LogP contribution in [-0.4, -0.2) is 18.9 Å². The zero-order valence-electron chi connectivity index (χ0n) is 18.7. The van der Waals surface area contributed by atoms with Gasteiger partial charge < -0.3 is 9.88 Å². The molecule has 0 bridgehead atoms. The summed E-state index contributed by atoms with van der Waals surface area (Å²) in [5.74, 6) is -0.358. The van der Waals surface area contributed by atoms with E-state index in [1.54, 1.807) is 24.3 Å². The van der Waals surface area contributed by atoms with Crippen LogP contribution in [0.15, 0.2) is 87.5 Å². The fourth-order valence-corrected chi connectivity index (χ4v) is 5.23. The summed E-state index contributed by atoms with van der Waals surface area (Å²) in [6.45, 7) is 3.70. The highest BCUT2D eigenvalue weighted by Crippen LogP contribution is 2.23. The lowest BCUT2D eigenvalue weighted by Crippen LogP contribution is -2.24. The number of pyridine rings is 1. The van der Waals surface area contributed by atoms with E-state index in [1.807, 2.05) is 38.1 Å². The number of aromatic nitrogens is 1. The molecule has 4 aromatic rings. The van der Waals surface area contributed by atoms with Crippen molar-refractivity contribution in [3.05, 3.63) is 99.3 Å². The number of aryl methyl sites for hydroxylation is 2. The SMILES string of the molecule is CCc1ccc(NC(=O)Cn2cc(S(=O)(=O)c3ccc(C)cc3)c(=O)c3cc(Cl)ccc32)cc1. The summed E-state index contributed by atoms with van der Waals surface area (Å²) in [5, 5.41) is 3.23. The van der Waals surface area contributed by atoms with Gasteiger partial charge in [-0.3, -0.25) is 9.59 Å². The molecule has 1 N–H and O–H groups in total. The number of halogens is 1. The second-order valence-corrected chi connectivity index (χ2v) is 10.4. The summed E-state index contributed by atoms with van der Waals surface area (Å²) in [4.78, 5) is 25.6. The van der Waals surface area contributed by atoms with Crippen molar-refractivity contribution in [2.45, 2.75) is 36.6 Å². The first kappa shape index (κ1) is 23.7. The van der Waals surface area contributed by atoms with Crippen LogP contribution < -0.4 is 10.7 Å². The fourth-order valence-electron chi connectivity index (χ4n) is 3.69. The Morgan fingerprint density at radius 3 is 2.32 bits per heavy atom. The van der Waals surface area contributed by atoms with Crippen molar-refractivity contribution in [2.75, 3.05) is 5.32 Å². The molecule has 0 saturated carbocycles. The normalized spacial score (nSPS) is 11.5. The maximum Gasteiger partial charge on any atom is 0.244 e. The molecule has 34 heavy (non-hydrogen) atoms. The molecule has 1 heterocycles. The van der Waals surface area contributed by atoms with Crippen molar-refractivity contribution < 1.29 is 13.2 Å². The topological polar surface area (TPSA) is 85.2 Å². The Morgan fingerprint density at radius 2 is 1.68 bits per heavy atom. The molecule has 3 aromatic carbocycles. The van der Waals surface area contributed by atoms with Crippen LogP contribution in [0.2, 0.25) is 5.02 Å². The number of carbonyl (C=O) groups is 1. The average molecular weight is 495 g/mol. The van der Waals surface area contributed by atoms with Crippen LogP contribution in [0.3, 0.4) is 0 Å². The molecule has 1 amide bonds. The number of sulfone groups is 1. The van der Waals surface area contributed by atoms with Gasteiger partial charge in [0.15, 0.2) is 0 Å². The number of rotatable bonds is 6. The Bertz CT molecular complexity index is 1540. The van der Waals surface area contributed by atoms with E-state index in [1.165, 1.54) is 29.0 Å². The van der Waals surface area contributed by atoms with Crippen molar-refractivity contribution in [1.29, 1.82) is 0 Å². The van der Waals surface area contributed by atoms with Gasteiger partial charge in [-0.15, -0.1) is 0 Å². The quantitative estimate of drug-likeness (QED) is 0.409. The summed E-state index contributed by atoms with van der Waals surface area (Å²) in [7, 11) is -4.12. The van der Waals surface area contributed by atoms with Crippen LogP contribution in [-0.2, 0) is 27.6 Å². The maximum atomic E-state index is 13.3. The van der Waals surface area contributed by atoms with E-state index in [0.29, 0.717) is 16.2 Å². The zero-order chi connectivity index (χ0) is 24.5. The minimum atomic E-state index is -4.12. The standard InChI is InChI=1S/C26H23ClN2O4S/c1-3-18-6-9-20(10-7-18)28-25(30)16-29-15-24(26(31)22-14-19(27)8-13-23(22)29)34(32,33)21-11-4-17(2)5-12-21/h4-15H,3,16H2,1-2H3,(H,28,30). The van der Waals surface area contributed by atoms with Crippen LogP contribution in [0.4, 0.5) is 5.69 Å². The Labute approximate surface area is 202 Å². The molecule has 0 fully saturated rings. The number of nitrogens with zero attached hydrogens (tertiary/aromatic N) is 1. The molecule has 0 spiro atoms. The molecular formula is C26H23ClN2O4S. The summed E-state index contributed by atoms with van der Waals surface area (Å²) in [6.07, 6.45) is 2.12. The molecule has 0 saturated heterocycles. The van der Waals surface area contributed by atoms with E-state index in [0.717, 1.165) is 17.5 Å². The molecule has 0 unspecified atom stereocenters. The smallest absolute Gasteiger partial charge is 0.244 e. The van der Waals surface area contributed by atoms with Gasteiger partial charge in [0.1, 0.15) is 11.4 Å². The number of amides is 1. The number of hydrogen-bond donors (Lipinski definition) is 1. The summed E-state index contributed by atoms with van der Waals surface area (Å²) in [6, 6.07) is 18.4. The molecule has 0 aliphatic heterocycles. The Kier molecular flexibility index (Phi) is 6.59. The lowest BCUT2D eigenvalue weighted by atomic mass is 10.1. The third-order valence-corrected chi connectivity index (χ3v) is 7.59. The predicted octanol–water partition coefficient (Wildman–Crippen LogP) is 5.00. The minimum Gasteiger partial charge on any atom is -0.336 e. The van der Waals surface area contributed by atoms with Crippen molar-refractivity contribution >= 4 is 43.9 Å². The van der Waals surface area contributed by atoms with E-state index in [4.69, 9.17) is 11.6 Å². The predicted molar refractivity (Wildman–Crippen MR) is 134 cm³/mol. The van der Waals surface area contributed by atoms with Gasteiger partial charge in [0.05, 0.1) is 10.4 Å². The molecular weight excluding hydrogens is 472 g/mol. The van der Waals surface area contributed by atoms with Gasteiger partial charge in [-0.1, -0.05) is 48.4 Å². The first-order chi connectivity index (χ1) is 16.2. The Morgan fingerprint density at radius 1 is 1.00 bits per heavy atom. The number of anilines is 1. The molecule has 0 atom stereocenters. The molecule has 4 rings (SSSR count). The van der Waals surface area contributed by atoms with Crippen molar-refractivity contribution in [1.82, 2.24) is 4.57 Å². The van der Waals surface area contributed by atoms with Crippen molar-refractivity contribution in [3.8, 4) is 0 Å². The number of hydrogen-bond acceptors (Lipinski definition) is 4. The second-order valence-electron chi connectivity index (χ2n) is 8.03. The molecule has 6 nitrogen and oxygen atoms in total. The third-order valence-electron chi connectivity index (χ3n) is 5.59. The van der Waals surface area contributed by atoms with Crippen LogP contribution in [0.1, 0.15) is 18.1 Å². The summed E-state index contributed by atoms with van der Waals surface area (Å²) >= 11 is 6.10. The summed E-state index contributed by atoms with van der Waals surface area (Å²) in [5.41, 5.74) is 2.42. The number of fused-ring (bicyclic) bond motifs is 1. The highest BCUT2D eigenvalue weighted by Gasteiger charge is 2.24. The lowest BCUT2D eigenvalue weighted by molar-refractivity contribution is -0.116. The van der Waals surface area contributed by atoms with E-state index in [-0.39, 0.29) is 22.7 Å². The van der Waals surface area contributed by atoms with Crippen molar-refractivity contribution in [3.63, 3.8) is 0 Å². The zero-order valence-corrected chi connectivity index (χ0v) is 20.3. The lowest BCUT2D eigenvalue weighted by Gasteiger charge is -2.14. The van der Waals surface area contributed by atoms with E-state index in [2.05, 4.69) is 5.32 Å². The highest BCUT2D eigenvalue weighted by atomic mass is 35.5. The largest absolute Gasteiger partial charge is 0.336 e. The molecule has 174 valence electrons. The molecule has 8 heteroatoms. The monoisotopic (exact) mass is 494 g/mol. The number of nitrogens with one attached hydrogen (secondary N) is 1. The molecule has 1 aromatic heterocycles. The van der Waals surface area contributed by atoms with Gasteiger partial charge >= 0.3 is 0 Å². The minimum absolute atomic E-state index is 0.00333. The Hall–Kier alpha value is -3.42. The maximum absolute atomic E-state index is 13.3. The fraction of sp³-hybridized carbons (Fsp3) is 0.154. The third kappa shape index (κ3) is 4.76. The van der Waals surface area contributed by atoms with Gasteiger partial charge in [-0.25, -0.2) is 8.42 Å². The summed E-state index contributed by atoms with van der Waals surface area (Å²) < 4.78 is 28.1. The highest BCUT2D eigenvalue weighted by molar-refractivity contribution is 7.91. The first-order valence-electron chi connectivity index (χ1n) is 10.7. The van der Waals surface area contributed by atoms with E-state index in [9.17, 15) is 18.0 Å². The molecule has 0 aliphatic carbocycles. The van der Waals surface area contributed by atoms with Gasteiger partial charge in [0.25, 0.3) is 0 Å². The van der Waals surface area contributed by atoms with Gasteiger partial charge in [-0.2, -0.15) is 0 Å². The van der Waals surface area contributed by atoms with Crippen molar-refractivity contribution in [2.24, 2.45) is 0 Å². The second kappa shape index (κ2) is 9.44. The number of benzene rings is 3. The van der Waals surface area contributed by atoms with Gasteiger partial charge in [-0.05, 0) is 61.4 Å².